The van der Waals surface area contributed by atoms with Gasteiger partial charge in [0.15, 0.2) is 5.78 Å². The molecule has 2 fully saturated rings. The second kappa shape index (κ2) is 4.67. The predicted octanol–water partition coefficient (Wildman–Crippen LogP) is 1.03. The maximum atomic E-state index is 13.3. The molecule has 3 unspecified atom stereocenters. The number of benzene rings is 1. The Hall–Kier alpha value is -1.17. The summed E-state index contributed by atoms with van der Waals surface area (Å²) in [6.07, 6.45) is 1.72. The quantitative estimate of drug-likeness (QED) is 0.818. The highest BCUT2D eigenvalue weighted by molar-refractivity contribution is 6.58. The molecule has 0 aromatic heterocycles. The number of Topliss-reactive ketones (excluding diaryl/α,β-unsaturated/α-hetero) is 1. The van der Waals surface area contributed by atoms with Crippen molar-refractivity contribution in [3.8, 4) is 0 Å². The molecule has 1 aromatic carbocycles. The molecule has 2 aliphatic rings. The first kappa shape index (κ1) is 15.7. The number of hydrogen-bond donors (Lipinski definition) is 2. The maximum Gasteiger partial charge on any atom is 0.488 e. The molecular formula is C17H23BO4. The SMILES string of the molecule is COC1(C)CCC2C(C)(C)C2(c2ccc(B(O)O)cc2)C1=O. The highest BCUT2D eigenvalue weighted by Crippen LogP contribution is 2.74. The summed E-state index contributed by atoms with van der Waals surface area (Å²) in [6.45, 7) is 6.17. The average Bonchev–Trinajstić information content (AvgIpc) is 3.01. The molecule has 4 nitrogen and oxygen atoms in total. The molecule has 0 saturated heterocycles. The van der Waals surface area contributed by atoms with Crippen molar-refractivity contribution < 1.29 is 19.6 Å². The second-order valence-electron chi connectivity index (χ2n) is 7.38. The minimum absolute atomic E-state index is 0.0975. The van der Waals surface area contributed by atoms with Gasteiger partial charge in [-0.3, -0.25) is 4.79 Å². The topological polar surface area (TPSA) is 66.8 Å². The molecule has 0 bridgehead atoms. The van der Waals surface area contributed by atoms with E-state index in [0.717, 1.165) is 18.4 Å². The van der Waals surface area contributed by atoms with Crippen LogP contribution in [0.4, 0.5) is 0 Å². The molecule has 0 radical (unpaired) electrons. The highest BCUT2D eigenvalue weighted by Gasteiger charge is 2.79. The van der Waals surface area contributed by atoms with Gasteiger partial charge in [-0.15, -0.1) is 0 Å². The Balaban J connectivity index is 2.07. The van der Waals surface area contributed by atoms with Gasteiger partial charge in [0.1, 0.15) is 5.60 Å². The van der Waals surface area contributed by atoms with Gasteiger partial charge in [0.2, 0.25) is 0 Å². The fourth-order valence-electron chi connectivity index (χ4n) is 4.67. The van der Waals surface area contributed by atoms with Crippen LogP contribution in [0.15, 0.2) is 24.3 Å². The number of ether oxygens (including phenoxy) is 1. The average molecular weight is 302 g/mol. The number of methoxy groups -OCH3 is 1. The summed E-state index contributed by atoms with van der Waals surface area (Å²) in [5.41, 5.74) is 0.0430. The van der Waals surface area contributed by atoms with E-state index in [0.29, 0.717) is 11.4 Å². The van der Waals surface area contributed by atoms with E-state index in [-0.39, 0.29) is 11.2 Å². The Labute approximate surface area is 131 Å². The van der Waals surface area contributed by atoms with E-state index in [1.54, 1.807) is 19.2 Å². The third-order valence-corrected chi connectivity index (χ3v) is 6.19. The molecule has 3 rings (SSSR count). The Morgan fingerprint density at radius 2 is 1.77 bits per heavy atom. The standard InChI is InChI=1S/C17H23BO4/c1-15(2)13-9-10-16(3,22-4)14(19)17(13,15)11-5-7-12(8-6-11)18(20)21/h5-8,13,20-21H,9-10H2,1-4H3. The second-order valence-corrected chi connectivity index (χ2v) is 7.38. The molecule has 118 valence electrons. The summed E-state index contributed by atoms with van der Waals surface area (Å²) in [6, 6.07) is 7.09. The highest BCUT2D eigenvalue weighted by atomic mass is 16.5. The lowest BCUT2D eigenvalue weighted by atomic mass is 9.71. The Morgan fingerprint density at radius 1 is 1.18 bits per heavy atom. The summed E-state index contributed by atoms with van der Waals surface area (Å²) >= 11 is 0. The molecule has 2 saturated carbocycles. The van der Waals surface area contributed by atoms with Gasteiger partial charge in [0.05, 0.1) is 5.41 Å². The van der Waals surface area contributed by atoms with Gasteiger partial charge < -0.3 is 14.8 Å². The monoisotopic (exact) mass is 302 g/mol. The minimum Gasteiger partial charge on any atom is -0.423 e. The van der Waals surface area contributed by atoms with Gasteiger partial charge >= 0.3 is 7.12 Å². The molecule has 0 amide bonds. The molecule has 1 aromatic rings. The van der Waals surface area contributed by atoms with Crippen LogP contribution < -0.4 is 5.46 Å². The molecule has 3 atom stereocenters. The summed E-state index contributed by atoms with van der Waals surface area (Å²) < 4.78 is 5.56. The summed E-state index contributed by atoms with van der Waals surface area (Å²) in [5.74, 6) is 0.474. The van der Waals surface area contributed by atoms with Gasteiger partial charge in [-0.25, -0.2) is 0 Å². The van der Waals surface area contributed by atoms with Gasteiger partial charge in [0, 0.05) is 7.11 Å². The summed E-state index contributed by atoms with van der Waals surface area (Å²) in [5, 5.41) is 18.5. The van der Waals surface area contributed by atoms with Crippen molar-refractivity contribution >= 4 is 18.4 Å². The van der Waals surface area contributed by atoms with Gasteiger partial charge in [-0.05, 0) is 42.1 Å². The first-order valence-corrected chi connectivity index (χ1v) is 7.78. The smallest absolute Gasteiger partial charge is 0.423 e. The number of carbonyl (C=O) groups is 1. The van der Waals surface area contributed by atoms with Crippen LogP contribution in [0, 0.1) is 11.3 Å². The summed E-state index contributed by atoms with van der Waals surface area (Å²) in [7, 11) is 0.118. The maximum absolute atomic E-state index is 13.3. The van der Waals surface area contributed by atoms with Crippen molar-refractivity contribution in [2.75, 3.05) is 7.11 Å². The third kappa shape index (κ3) is 1.73. The number of carbonyl (C=O) groups excluding carboxylic acids is 1. The molecule has 2 N–H and O–H groups in total. The van der Waals surface area contributed by atoms with E-state index in [1.807, 2.05) is 19.1 Å². The largest absolute Gasteiger partial charge is 0.488 e. The van der Waals surface area contributed by atoms with Crippen molar-refractivity contribution in [1.82, 2.24) is 0 Å². The molecule has 0 heterocycles. The molecule has 2 aliphatic carbocycles. The van der Waals surface area contributed by atoms with Crippen LogP contribution in [0.5, 0.6) is 0 Å². The molecular weight excluding hydrogens is 279 g/mol. The molecule has 5 heteroatoms. The van der Waals surface area contributed by atoms with Crippen molar-refractivity contribution in [2.24, 2.45) is 11.3 Å². The lowest BCUT2D eigenvalue weighted by Crippen LogP contribution is -2.49. The third-order valence-electron chi connectivity index (χ3n) is 6.19. The van der Waals surface area contributed by atoms with E-state index in [9.17, 15) is 14.8 Å². The number of rotatable bonds is 3. The van der Waals surface area contributed by atoms with Gasteiger partial charge in [-0.1, -0.05) is 38.1 Å². The number of hydrogen-bond acceptors (Lipinski definition) is 4. The van der Waals surface area contributed by atoms with E-state index >= 15 is 0 Å². The van der Waals surface area contributed by atoms with Crippen molar-refractivity contribution in [3.05, 3.63) is 29.8 Å². The van der Waals surface area contributed by atoms with Crippen molar-refractivity contribution in [3.63, 3.8) is 0 Å². The first-order valence-electron chi connectivity index (χ1n) is 7.78. The van der Waals surface area contributed by atoms with E-state index in [1.165, 1.54) is 0 Å². The fourth-order valence-corrected chi connectivity index (χ4v) is 4.67. The summed E-state index contributed by atoms with van der Waals surface area (Å²) in [4.78, 5) is 13.3. The van der Waals surface area contributed by atoms with Crippen LogP contribution in [0.1, 0.15) is 39.2 Å². The normalized spacial score (nSPS) is 35.9. The van der Waals surface area contributed by atoms with Crippen molar-refractivity contribution in [2.45, 2.75) is 44.6 Å². The van der Waals surface area contributed by atoms with Crippen LogP contribution in [-0.4, -0.2) is 35.7 Å². The molecule has 0 spiro atoms. The van der Waals surface area contributed by atoms with E-state index in [2.05, 4.69) is 13.8 Å². The Morgan fingerprint density at radius 3 is 2.27 bits per heavy atom. The van der Waals surface area contributed by atoms with Crippen molar-refractivity contribution in [1.29, 1.82) is 0 Å². The zero-order valence-electron chi connectivity index (χ0n) is 13.6. The zero-order valence-corrected chi connectivity index (χ0v) is 13.6. The van der Waals surface area contributed by atoms with Crippen LogP contribution in [0.2, 0.25) is 0 Å². The van der Waals surface area contributed by atoms with Crippen LogP contribution in [-0.2, 0) is 14.9 Å². The Kier molecular flexibility index (Phi) is 3.33. The zero-order chi connectivity index (χ0) is 16.3. The van der Waals surface area contributed by atoms with Crippen LogP contribution >= 0.6 is 0 Å². The molecule has 22 heavy (non-hydrogen) atoms. The number of ketones is 1. The lowest BCUT2D eigenvalue weighted by Gasteiger charge is -2.36. The van der Waals surface area contributed by atoms with E-state index in [4.69, 9.17) is 4.74 Å². The fraction of sp³-hybridized carbons (Fsp3) is 0.588. The molecule has 0 aliphatic heterocycles. The lowest BCUT2D eigenvalue weighted by molar-refractivity contribution is -0.146. The minimum atomic E-state index is -1.49. The van der Waals surface area contributed by atoms with Gasteiger partial charge in [0.25, 0.3) is 0 Å². The van der Waals surface area contributed by atoms with E-state index < -0.39 is 18.1 Å². The predicted molar refractivity (Wildman–Crippen MR) is 84.9 cm³/mol. The first-order chi connectivity index (χ1) is 10.2. The number of fused-ring (bicyclic) bond motifs is 1. The van der Waals surface area contributed by atoms with Crippen LogP contribution in [0.3, 0.4) is 0 Å². The van der Waals surface area contributed by atoms with Gasteiger partial charge in [-0.2, -0.15) is 0 Å². The Bertz CT molecular complexity index is 610. The van der Waals surface area contributed by atoms with Crippen LogP contribution in [0.25, 0.3) is 0 Å².